The van der Waals surface area contributed by atoms with E-state index in [0.29, 0.717) is 11.8 Å². The van der Waals surface area contributed by atoms with E-state index >= 15 is 0 Å². The maximum absolute atomic E-state index is 6.15. The van der Waals surface area contributed by atoms with Crippen molar-refractivity contribution in [1.82, 2.24) is 0 Å². The van der Waals surface area contributed by atoms with Gasteiger partial charge in [0.2, 0.25) is 5.79 Å². The summed E-state index contributed by atoms with van der Waals surface area (Å²) in [4.78, 5) is 16.8. The van der Waals surface area contributed by atoms with Crippen molar-refractivity contribution >= 4 is 0 Å². The summed E-state index contributed by atoms with van der Waals surface area (Å²) in [5.41, 5.74) is -0.526. The number of hydrogen-bond donors (Lipinski definition) is 1. The maximum atomic E-state index is 6.15. The van der Waals surface area contributed by atoms with Crippen LogP contribution in [0, 0.1) is 23.7 Å². The highest BCUT2D eigenvalue weighted by atomic mass is 17.3. The standard InChI is InChI=1S/C15H25NO5/c1-8-4-5-11-9(2)12(19-16)17-13-15(11)10(8)6-7-14(3,18-13)20-21-15/h8-13H,4-7,16H2,1-3H3/t8-,9-,10?,11?,12?,13?,14+,15?/m1/s1. The zero-order chi connectivity index (χ0) is 14.8. The minimum Gasteiger partial charge on any atom is -0.318 e. The molecule has 5 fully saturated rings. The van der Waals surface area contributed by atoms with E-state index in [4.69, 9.17) is 30.0 Å². The van der Waals surface area contributed by atoms with E-state index in [-0.39, 0.29) is 11.8 Å². The van der Waals surface area contributed by atoms with Gasteiger partial charge in [0.25, 0.3) is 0 Å². The molecule has 5 unspecified atom stereocenters. The highest BCUT2D eigenvalue weighted by Gasteiger charge is 2.69. The summed E-state index contributed by atoms with van der Waals surface area (Å²) in [5, 5.41) is 0. The van der Waals surface area contributed by atoms with Crippen molar-refractivity contribution in [3.8, 4) is 0 Å². The normalized spacial score (nSPS) is 59.4. The average molecular weight is 299 g/mol. The van der Waals surface area contributed by atoms with Gasteiger partial charge in [-0.25, -0.2) is 15.7 Å². The Kier molecular flexibility index (Phi) is 3.17. The van der Waals surface area contributed by atoms with Gasteiger partial charge < -0.3 is 9.47 Å². The molecule has 21 heavy (non-hydrogen) atoms. The molecule has 2 N–H and O–H groups in total. The molecule has 1 spiro atoms. The fourth-order valence-electron chi connectivity index (χ4n) is 5.03. The number of rotatable bonds is 1. The Bertz CT molecular complexity index is 434. The Labute approximate surface area is 125 Å². The summed E-state index contributed by atoms with van der Waals surface area (Å²) in [6.07, 6.45) is 3.17. The molecule has 5 aliphatic rings. The lowest BCUT2D eigenvalue weighted by molar-refractivity contribution is -0.577. The summed E-state index contributed by atoms with van der Waals surface area (Å²) < 4.78 is 12.2. The van der Waals surface area contributed by atoms with Crippen molar-refractivity contribution in [1.29, 1.82) is 0 Å². The fourth-order valence-corrected chi connectivity index (χ4v) is 5.03. The van der Waals surface area contributed by atoms with Crippen LogP contribution in [-0.4, -0.2) is 24.0 Å². The molecule has 0 amide bonds. The summed E-state index contributed by atoms with van der Waals surface area (Å²) in [6.45, 7) is 6.33. The van der Waals surface area contributed by atoms with Crippen molar-refractivity contribution in [2.24, 2.45) is 29.6 Å². The Hall–Kier alpha value is -0.240. The molecule has 0 aromatic heterocycles. The smallest absolute Gasteiger partial charge is 0.201 e. The Morgan fingerprint density at radius 2 is 1.90 bits per heavy atom. The Morgan fingerprint density at radius 1 is 1.10 bits per heavy atom. The molecule has 4 heterocycles. The largest absolute Gasteiger partial charge is 0.318 e. The molecule has 4 saturated heterocycles. The van der Waals surface area contributed by atoms with Crippen molar-refractivity contribution in [2.45, 2.75) is 70.4 Å². The molecule has 1 aliphatic carbocycles. The monoisotopic (exact) mass is 299 g/mol. The first-order valence-electron chi connectivity index (χ1n) is 8.06. The molecule has 120 valence electrons. The molecule has 1 saturated carbocycles. The molecule has 8 atom stereocenters. The van der Waals surface area contributed by atoms with E-state index in [2.05, 4.69) is 13.8 Å². The predicted molar refractivity (Wildman–Crippen MR) is 72.1 cm³/mol. The average Bonchev–Trinajstić information content (AvgIpc) is 2.69. The first-order chi connectivity index (χ1) is 10.00. The summed E-state index contributed by atoms with van der Waals surface area (Å²) in [5.74, 6) is 6.06. The first kappa shape index (κ1) is 14.4. The van der Waals surface area contributed by atoms with Crippen LogP contribution in [0.25, 0.3) is 0 Å². The van der Waals surface area contributed by atoms with Crippen LogP contribution >= 0.6 is 0 Å². The second-order valence-electron chi connectivity index (χ2n) is 7.41. The van der Waals surface area contributed by atoms with Gasteiger partial charge in [-0.05, 0) is 38.0 Å². The zero-order valence-corrected chi connectivity index (χ0v) is 12.9. The van der Waals surface area contributed by atoms with E-state index in [1.165, 1.54) is 6.42 Å². The van der Waals surface area contributed by atoms with Crippen LogP contribution in [0.2, 0.25) is 0 Å². The fraction of sp³-hybridized carbons (Fsp3) is 1.00. The van der Waals surface area contributed by atoms with Gasteiger partial charge in [0.05, 0.1) is 0 Å². The third-order valence-electron chi connectivity index (χ3n) is 6.23. The van der Waals surface area contributed by atoms with E-state index < -0.39 is 24.0 Å². The number of fused-ring (bicyclic) bond motifs is 2. The summed E-state index contributed by atoms with van der Waals surface area (Å²) in [7, 11) is 0. The molecule has 5 rings (SSSR count). The highest BCUT2D eigenvalue weighted by Crippen LogP contribution is 2.60. The van der Waals surface area contributed by atoms with Crippen molar-refractivity contribution in [3.63, 3.8) is 0 Å². The molecule has 0 aromatic carbocycles. The van der Waals surface area contributed by atoms with Crippen LogP contribution in [-0.2, 0) is 24.1 Å². The van der Waals surface area contributed by atoms with Crippen molar-refractivity contribution in [2.75, 3.05) is 0 Å². The van der Waals surface area contributed by atoms with Gasteiger partial charge in [0, 0.05) is 18.3 Å². The van der Waals surface area contributed by atoms with Gasteiger partial charge in [-0.1, -0.05) is 13.8 Å². The number of ether oxygens (including phenoxy) is 2. The lowest BCUT2D eigenvalue weighted by Crippen LogP contribution is -2.70. The lowest BCUT2D eigenvalue weighted by atomic mass is 9.58. The highest BCUT2D eigenvalue weighted by molar-refractivity contribution is 5.08. The molecule has 0 radical (unpaired) electrons. The second kappa shape index (κ2) is 4.63. The number of hydrogen-bond acceptors (Lipinski definition) is 6. The first-order valence-corrected chi connectivity index (χ1v) is 8.06. The van der Waals surface area contributed by atoms with Crippen molar-refractivity contribution in [3.05, 3.63) is 0 Å². The molecule has 2 bridgehead atoms. The molecule has 4 aliphatic heterocycles. The minimum absolute atomic E-state index is 0.149. The zero-order valence-electron chi connectivity index (χ0n) is 12.9. The number of nitrogens with two attached hydrogens (primary N) is 1. The van der Waals surface area contributed by atoms with Crippen molar-refractivity contribution < 1.29 is 24.1 Å². The van der Waals surface area contributed by atoms with Gasteiger partial charge in [-0.15, -0.1) is 0 Å². The van der Waals surface area contributed by atoms with Crippen LogP contribution < -0.4 is 5.90 Å². The van der Waals surface area contributed by atoms with E-state index in [1.807, 2.05) is 6.92 Å². The van der Waals surface area contributed by atoms with Gasteiger partial charge in [-0.3, -0.25) is 4.84 Å². The van der Waals surface area contributed by atoms with E-state index in [1.54, 1.807) is 0 Å². The topological polar surface area (TPSA) is 72.2 Å². The predicted octanol–water partition coefficient (Wildman–Crippen LogP) is 2.08. The van der Waals surface area contributed by atoms with Gasteiger partial charge in [-0.2, -0.15) is 0 Å². The molecular weight excluding hydrogens is 274 g/mol. The van der Waals surface area contributed by atoms with Crippen LogP contribution in [0.4, 0.5) is 0 Å². The summed E-state index contributed by atoms with van der Waals surface area (Å²) in [6, 6.07) is 0. The van der Waals surface area contributed by atoms with Crippen LogP contribution in [0.3, 0.4) is 0 Å². The van der Waals surface area contributed by atoms with Crippen LogP contribution in [0.5, 0.6) is 0 Å². The third-order valence-corrected chi connectivity index (χ3v) is 6.23. The Morgan fingerprint density at radius 3 is 2.67 bits per heavy atom. The second-order valence-corrected chi connectivity index (χ2v) is 7.41. The minimum atomic E-state index is -0.739. The van der Waals surface area contributed by atoms with Gasteiger partial charge in [0.1, 0.15) is 0 Å². The maximum Gasteiger partial charge on any atom is 0.201 e. The molecule has 6 heteroatoms. The van der Waals surface area contributed by atoms with Gasteiger partial charge in [0.15, 0.2) is 18.2 Å². The van der Waals surface area contributed by atoms with E-state index in [0.717, 1.165) is 19.3 Å². The lowest BCUT2D eigenvalue weighted by Gasteiger charge is -2.59. The quantitative estimate of drug-likeness (QED) is 0.590. The summed E-state index contributed by atoms with van der Waals surface area (Å²) >= 11 is 0. The molecule has 6 nitrogen and oxygen atoms in total. The third kappa shape index (κ3) is 1.81. The van der Waals surface area contributed by atoms with Crippen LogP contribution in [0.15, 0.2) is 0 Å². The van der Waals surface area contributed by atoms with Gasteiger partial charge >= 0.3 is 0 Å². The van der Waals surface area contributed by atoms with E-state index in [9.17, 15) is 0 Å². The Balaban J connectivity index is 1.79. The molecule has 0 aromatic rings. The molecular formula is C15H25NO5. The van der Waals surface area contributed by atoms with Crippen LogP contribution in [0.1, 0.15) is 46.5 Å². The SMILES string of the molecule is C[C@H]1C(ON)OC2O[C@]3(C)CCC4[C@H](C)CCC1C24OO3.